The van der Waals surface area contributed by atoms with Crippen LogP contribution in [0, 0.1) is 17.2 Å². The maximum atomic E-state index is 13.5. The molecule has 0 aliphatic carbocycles. The second kappa shape index (κ2) is 6.19. The molecule has 0 radical (unpaired) electrons. The van der Waals surface area contributed by atoms with E-state index in [9.17, 15) is 4.39 Å². The Labute approximate surface area is 119 Å². The number of benzene rings is 1. The van der Waals surface area contributed by atoms with Crippen molar-refractivity contribution >= 4 is 31.9 Å². The highest BCUT2D eigenvalue weighted by Gasteiger charge is 2.24. The van der Waals surface area contributed by atoms with Crippen LogP contribution < -0.4 is 4.74 Å². The van der Waals surface area contributed by atoms with E-state index in [0.717, 1.165) is 9.80 Å². The van der Waals surface area contributed by atoms with Crippen molar-refractivity contribution in [3.8, 4) is 5.75 Å². The van der Waals surface area contributed by atoms with Gasteiger partial charge in [0.05, 0.1) is 6.61 Å². The number of hydrogen-bond acceptors (Lipinski definition) is 1. The smallest absolute Gasteiger partial charge is 0.166 e. The molecule has 1 aromatic carbocycles. The van der Waals surface area contributed by atoms with Gasteiger partial charge in [0.25, 0.3) is 0 Å². The standard InChI is InChI=1S/C13H17Br2FO/c1-13(2,3)9(7-14)8-17-12-5-4-10(15)6-11(12)16/h4-6,9H,7-8H2,1-3H3. The van der Waals surface area contributed by atoms with Crippen LogP contribution in [0.4, 0.5) is 4.39 Å². The van der Waals surface area contributed by atoms with Gasteiger partial charge in [-0.3, -0.25) is 0 Å². The Balaban J connectivity index is 2.66. The topological polar surface area (TPSA) is 9.23 Å². The van der Waals surface area contributed by atoms with Gasteiger partial charge in [-0.25, -0.2) is 4.39 Å². The lowest BCUT2D eigenvalue weighted by Gasteiger charge is -2.29. The van der Waals surface area contributed by atoms with Crippen LogP contribution >= 0.6 is 31.9 Å². The fraction of sp³-hybridized carbons (Fsp3) is 0.538. The normalized spacial score (nSPS) is 13.5. The molecule has 0 heterocycles. The minimum absolute atomic E-state index is 0.134. The van der Waals surface area contributed by atoms with E-state index < -0.39 is 0 Å². The minimum Gasteiger partial charge on any atom is -0.490 e. The van der Waals surface area contributed by atoms with Crippen molar-refractivity contribution in [1.82, 2.24) is 0 Å². The molecule has 96 valence electrons. The summed E-state index contributed by atoms with van der Waals surface area (Å²) in [7, 11) is 0. The summed E-state index contributed by atoms with van der Waals surface area (Å²) >= 11 is 6.69. The van der Waals surface area contributed by atoms with Crippen molar-refractivity contribution < 1.29 is 9.13 Å². The van der Waals surface area contributed by atoms with E-state index in [1.54, 1.807) is 12.1 Å². The average molecular weight is 368 g/mol. The third kappa shape index (κ3) is 4.59. The highest BCUT2D eigenvalue weighted by molar-refractivity contribution is 9.10. The fourth-order valence-electron chi connectivity index (χ4n) is 1.31. The molecule has 0 saturated heterocycles. The van der Waals surface area contributed by atoms with Gasteiger partial charge < -0.3 is 4.74 Å². The predicted octanol–water partition coefficient (Wildman–Crippen LogP) is 5.02. The highest BCUT2D eigenvalue weighted by Crippen LogP contribution is 2.29. The molecular formula is C13H17Br2FO. The molecule has 0 bridgehead atoms. The first-order chi connectivity index (χ1) is 7.84. The first kappa shape index (κ1) is 15.0. The van der Waals surface area contributed by atoms with Crippen LogP contribution in [0.3, 0.4) is 0 Å². The summed E-state index contributed by atoms with van der Waals surface area (Å²) < 4.78 is 19.8. The van der Waals surface area contributed by atoms with Crippen LogP contribution in [0.15, 0.2) is 22.7 Å². The second-order valence-corrected chi connectivity index (χ2v) is 6.67. The fourth-order valence-corrected chi connectivity index (χ4v) is 2.80. The first-order valence-electron chi connectivity index (χ1n) is 5.48. The van der Waals surface area contributed by atoms with E-state index >= 15 is 0 Å². The molecule has 17 heavy (non-hydrogen) atoms. The van der Waals surface area contributed by atoms with Gasteiger partial charge in [-0.15, -0.1) is 0 Å². The summed E-state index contributed by atoms with van der Waals surface area (Å²) in [5.74, 6) is 0.315. The minimum atomic E-state index is -0.332. The zero-order valence-corrected chi connectivity index (χ0v) is 13.4. The SMILES string of the molecule is CC(C)(C)C(CBr)COc1ccc(Br)cc1F. The van der Waals surface area contributed by atoms with E-state index in [2.05, 4.69) is 52.6 Å². The number of rotatable bonds is 4. The lowest BCUT2D eigenvalue weighted by molar-refractivity contribution is 0.162. The molecular weight excluding hydrogens is 351 g/mol. The van der Waals surface area contributed by atoms with Crippen LogP contribution in [0.2, 0.25) is 0 Å². The van der Waals surface area contributed by atoms with Gasteiger partial charge in [-0.2, -0.15) is 0 Å². The molecule has 4 heteroatoms. The van der Waals surface area contributed by atoms with Crippen molar-refractivity contribution in [2.45, 2.75) is 20.8 Å². The summed E-state index contributed by atoms with van der Waals surface area (Å²) in [6, 6.07) is 4.83. The second-order valence-electron chi connectivity index (χ2n) is 5.10. The molecule has 0 aromatic heterocycles. The zero-order valence-electron chi connectivity index (χ0n) is 10.3. The van der Waals surface area contributed by atoms with Gasteiger partial charge in [-0.1, -0.05) is 52.6 Å². The maximum absolute atomic E-state index is 13.5. The Morgan fingerprint density at radius 2 is 2.00 bits per heavy atom. The van der Waals surface area contributed by atoms with Crippen LogP contribution in [-0.2, 0) is 0 Å². The van der Waals surface area contributed by atoms with E-state index in [1.165, 1.54) is 6.07 Å². The monoisotopic (exact) mass is 366 g/mol. The van der Waals surface area contributed by atoms with Crippen LogP contribution in [-0.4, -0.2) is 11.9 Å². The Morgan fingerprint density at radius 3 is 2.47 bits per heavy atom. The molecule has 0 aliphatic heterocycles. The molecule has 0 amide bonds. The van der Waals surface area contributed by atoms with E-state index in [0.29, 0.717) is 18.3 Å². The van der Waals surface area contributed by atoms with Crippen molar-refractivity contribution in [3.05, 3.63) is 28.5 Å². The number of hydrogen-bond donors (Lipinski definition) is 0. The van der Waals surface area contributed by atoms with E-state index in [1.807, 2.05) is 0 Å². The van der Waals surface area contributed by atoms with E-state index in [-0.39, 0.29) is 11.2 Å². The lowest BCUT2D eigenvalue weighted by Crippen LogP contribution is -2.28. The Morgan fingerprint density at radius 1 is 1.35 bits per heavy atom. The van der Waals surface area contributed by atoms with Gasteiger partial charge in [0.1, 0.15) is 0 Å². The number of ether oxygens (including phenoxy) is 1. The van der Waals surface area contributed by atoms with Crippen LogP contribution in [0.25, 0.3) is 0 Å². The van der Waals surface area contributed by atoms with E-state index in [4.69, 9.17) is 4.74 Å². The molecule has 0 aliphatic rings. The maximum Gasteiger partial charge on any atom is 0.166 e. The van der Waals surface area contributed by atoms with Crippen molar-refractivity contribution in [1.29, 1.82) is 0 Å². The predicted molar refractivity (Wildman–Crippen MR) is 76.3 cm³/mol. The molecule has 1 nitrogen and oxygen atoms in total. The van der Waals surface area contributed by atoms with Crippen molar-refractivity contribution in [3.63, 3.8) is 0 Å². The van der Waals surface area contributed by atoms with Crippen LogP contribution in [0.1, 0.15) is 20.8 Å². The molecule has 1 aromatic rings. The number of alkyl halides is 1. The van der Waals surface area contributed by atoms with Crippen LogP contribution in [0.5, 0.6) is 5.75 Å². The Bertz CT molecular complexity index is 374. The third-order valence-corrected chi connectivity index (χ3v) is 4.02. The molecule has 0 spiro atoms. The molecule has 0 fully saturated rings. The summed E-state index contributed by atoms with van der Waals surface area (Å²) in [5, 5.41) is 0.842. The summed E-state index contributed by atoms with van der Waals surface area (Å²) in [4.78, 5) is 0. The zero-order chi connectivity index (χ0) is 13.1. The third-order valence-electron chi connectivity index (χ3n) is 2.74. The Hall–Kier alpha value is -0.0900. The number of halogens is 3. The quantitative estimate of drug-likeness (QED) is 0.678. The van der Waals surface area contributed by atoms with Gasteiger partial charge in [-0.05, 0) is 23.6 Å². The molecule has 0 N–H and O–H groups in total. The average Bonchev–Trinajstić information content (AvgIpc) is 2.19. The highest BCUT2D eigenvalue weighted by atomic mass is 79.9. The summed E-state index contributed by atoms with van der Waals surface area (Å²) in [6.07, 6.45) is 0. The summed E-state index contributed by atoms with van der Waals surface area (Å²) in [5.41, 5.74) is 0.134. The van der Waals surface area contributed by atoms with Gasteiger partial charge >= 0.3 is 0 Å². The van der Waals surface area contributed by atoms with Crippen molar-refractivity contribution in [2.24, 2.45) is 11.3 Å². The molecule has 0 saturated carbocycles. The lowest BCUT2D eigenvalue weighted by atomic mass is 9.83. The first-order valence-corrected chi connectivity index (χ1v) is 7.40. The molecule has 1 unspecified atom stereocenters. The largest absolute Gasteiger partial charge is 0.490 e. The Kier molecular flexibility index (Phi) is 5.45. The van der Waals surface area contributed by atoms with Crippen molar-refractivity contribution in [2.75, 3.05) is 11.9 Å². The van der Waals surface area contributed by atoms with Gasteiger partial charge in [0, 0.05) is 15.7 Å². The molecule has 1 rings (SSSR count). The molecule has 1 atom stereocenters. The summed E-state index contributed by atoms with van der Waals surface area (Å²) in [6.45, 7) is 6.97. The van der Waals surface area contributed by atoms with Gasteiger partial charge in [0.2, 0.25) is 0 Å². The van der Waals surface area contributed by atoms with Gasteiger partial charge in [0.15, 0.2) is 11.6 Å².